The van der Waals surface area contributed by atoms with Crippen molar-refractivity contribution in [3.8, 4) is 0 Å². The summed E-state index contributed by atoms with van der Waals surface area (Å²) in [4.78, 5) is 4.98. The molecule has 2 aromatic heterocycles. The Morgan fingerprint density at radius 3 is 1.15 bits per heavy atom. The highest BCUT2D eigenvalue weighted by Crippen LogP contribution is 2.67. The first kappa shape index (κ1) is 54.0. The minimum absolute atomic E-state index is 0.400. The largest absolute Gasteiger partial charge is 0.452 e. The average molecular weight is 1050 g/mol. The van der Waals surface area contributed by atoms with E-state index in [0.29, 0.717) is 5.66 Å². The lowest BCUT2D eigenvalue weighted by Crippen LogP contribution is -2.48. The van der Waals surface area contributed by atoms with Crippen molar-refractivity contribution in [3.63, 3.8) is 0 Å². The molecule has 0 aliphatic heterocycles. The highest BCUT2D eigenvalue weighted by Gasteiger charge is 2.56. The van der Waals surface area contributed by atoms with Gasteiger partial charge < -0.3 is 8.83 Å². The second-order valence-electron chi connectivity index (χ2n) is 22.2. The lowest BCUT2D eigenvalue weighted by Gasteiger charge is -2.39. The van der Waals surface area contributed by atoms with Gasteiger partial charge in [0.05, 0.1) is 29.9 Å². The van der Waals surface area contributed by atoms with Crippen molar-refractivity contribution in [1.82, 2.24) is 4.86 Å². The maximum absolute atomic E-state index is 7.24. The quantitative estimate of drug-likeness (QED) is 0.0412. The first-order chi connectivity index (χ1) is 35.9. The lowest BCUT2D eigenvalue weighted by atomic mass is 10.0. The molecular weight excluding hydrogens is 957 g/mol. The third-order valence-corrected chi connectivity index (χ3v) is 35.9. The number of rotatable bonds is 27. The third-order valence-electron chi connectivity index (χ3n) is 17.4. The van der Waals surface area contributed by atoms with Crippen LogP contribution in [0.25, 0.3) is 43.9 Å². The molecule has 3 nitrogen and oxygen atoms in total. The standard InChI is InChI=1S/C66H88NO2P2Si2/c1-7-13-46-72(47-14-8-2,48-15-9-3)55-42-38-52(39-43-55)70(53-40-44-56(45-41-53)73(49-16-10-4,50-17-11-5)51-18-12-6)67-71(54-28-20-19-21-29-54,63-36-26-32-59-57-30-22-24-34-61(57)68-65(59)63)64-37-27-33-60-58-31-23-25-35-62(58)69-66(60)64/h22-27,30-45,54,67H,7-21,28-29,46-51H2,1-6H3/q+1. The molecule has 0 atom stereocenters. The number of hydrogen-bond acceptors (Lipinski definition) is 3. The maximum atomic E-state index is 7.24. The molecule has 0 spiro atoms. The fourth-order valence-corrected chi connectivity index (χ4v) is 33.1. The smallest absolute Gasteiger partial charge is 0.179 e. The molecule has 6 aromatic carbocycles. The Morgan fingerprint density at radius 1 is 0.425 bits per heavy atom. The summed E-state index contributed by atoms with van der Waals surface area (Å²) in [6.45, 7) is 14.4. The zero-order chi connectivity index (χ0) is 50.7. The van der Waals surface area contributed by atoms with E-state index in [0.717, 1.165) is 22.3 Å². The van der Waals surface area contributed by atoms with Crippen LogP contribution in [0, 0.1) is 0 Å². The predicted octanol–water partition coefficient (Wildman–Crippen LogP) is 18.5. The highest BCUT2D eigenvalue weighted by molar-refractivity contribution is 7.96. The van der Waals surface area contributed by atoms with Crippen LogP contribution < -0.4 is 36.4 Å². The molecule has 1 N–H and O–H groups in total. The van der Waals surface area contributed by atoms with Crippen LogP contribution >= 0.6 is 15.5 Å². The molecule has 1 aliphatic carbocycles. The average Bonchev–Trinajstić information content (AvgIpc) is 4.03. The number of para-hydroxylation sites is 4. The van der Waals surface area contributed by atoms with E-state index >= 15 is 0 Å². The molecule has 1 fully saturated rings. The van der Waals surface area contributed by atoms with Gasteiger partial charge >= 0.3 is 0 Å². The molecule has 7 heteroatoms. The van der Waals surface area contributed by atoms with Gasteiger partial charge in [-0.05, 0) is 60.6 Å². The molecule has 0 bridgehead atoms. The van der Waals surface area contributed by atoms with Crippen molar-refractivity contribution in [2.24, 2.45) is 0 Å². The Balaban J connectivity index is 1.31. The number of unbranched alkanes of at least 4 members (excludes halogenated alkanes) is 6. The molecule has 8 aromatic rings. The second-order valence-corrected chi connectivity index (χ2v) is 37.1. The zero-order valence-corrected chi connectivity index (χ0v) is 49.5. The fraction of sp³-hybridized carbons (Fsp3) is 0.455. The number of hydrogen-bond donors (Lipinski definition) is 1. The van der Waals surface area contributed by atoms with Gasteiger partial charge in [0, 0.05) is 21.5 Å². The van der Waals surface area contributed by atoms with E-state index in [4.69, 9.17) is 13.7 Å². The fourth-order valence-electron chi connectivity index (χ4n) is 13.3. The van der Waals surface area contributed by atoms with Crippen molar-refractivity contribution in [1.29, 1.82) is 0 Å². The number of benzene rings is 6. The van der Waals surface area contributed by atoms with Gasteiger partial charge in [-0.1, -0.05) is 281 Å². The van der Waals surface area contributed by atoms with Crippen LogP contribution in [0.5, 0.6) is 0 Å². The molecule has 0 amide bonds. The summed E-state index contributed by atoms with van der Waals surface area (Å²) in [6.07, 6.45) is 21.8. The maximum Gasteiger partial charge on any atom is 0.179 e. The predicted molar refractivity (Wildman–Crippen MR) is 332 cm³/mol. The Hall–Kier alpha value is -3.83. The zero-order valence-electron chi connectivity index (χ0n) is 45.8. The summed E-state index contributed by atoms with van der Waals surface area (Å²) in [5.41, 5.74) is 4.41. The monoisotopic (exact) mass is 1040 g/mol. The van der Waals surface area contributed by atoms with Gasteiger partial charge in [0.15, 0.2) is 29.2 Å². The minimum atomic E-state index is -2.63. The SMILES string of the molecule is CCCC[Si](CCCC)(CCCC)c1ccc(P(N[P+](c2cccc3c2oc2ccccc23)(c2cccc3c2oc2ccccc23)C2CCCCC2)c2ccc([Si](CCCC)(CCCC)CCCC)cc2)cc1. The summed E-state index contributed by atoms with van der Waals surface area (Å²) < 4.78 is 14.5. The van der Waals surface area contributed by atoms with Gasteiger partial charge in [0.1, 0.15) is 11.2 Å². The molecule has 73 heavy (non-hydrogen) atoms. The van der Waals surface area contributed by atoms with E-state index in [2.05, 4.69) is 175 Å². The summed E-state index contributed by atoms with van der Waals surface area (Å²) >= 11 is 0. The molecule has 2 heterocycles. The van der Waals surface area contributed by atoms with Gasteiger partial charge in [-0.15, -0.1) is 0 Å². The first-order valence-electron chi connectivity index (χ1n) is 29.4. The van der Waals surface area contributed by atoms with Crippen LogP contribution in [0.3, 0.4) is 0 Å². The van der Waals surface area contributed by atoms with Crippen LogP contribution in [0.1, 0.15) is 151 Å². The van der Waals surface area contributed by atoms with E-state index in [1.165, 1.54) is 188 Å². The van der Waals surface area contributed by atoms with E-state index in [9.17, 15) is 0 Å². The molecule has 9 rings (SSSR count). The summed E-state index contributed by atoms with van der Waals surface area (Å²) in [6, 6.07) is 61.2. The topological polar surface area (TPSA) is 38.3 Å². The van der Waals surface area contributed by atoms with Crippen molar-refractivity contribution in [3.05, 3.63) is 133 Å². The summed E-state index contributed by atoms with van der Waals surface area (Å²) in [5, 5.41) is 13.8. The van der Waals surface area contributed by atoms with E-state index < -0.39 is 31.6 Å². The normalized spacial score (nSPS) is 14.2. The summed E-state index contributed by atoms with van der Waals surface area (Å²) in [5.74, 6) is 0. The Morgan fingerprint density at radius 2 is 0.781 bits per heavy atom. The number of fused-ring (bicyclic) bond motifs is 6. The summed E-state index contributed by atoms with van der Waals surface area (Å²) in [7, 11) is -7.18. The number of furan rings is 2. The van der Waals surface area contributed by atoms with Crippen molar-refractivity contribution < 1.29 is 8.83 Å². The Labute approximate surface area is 444 Å². The Kier molecular flexibility index (Phi) is 18.7. The molecular formula is C66H88NO2P2Si2+. The minimum Gasteiger partial charge on any atom is -0.452 e. The van der Waals surface area contributed by atoms with Crippen LogP contribution in [-0.2, 0) is 0 Å². The molecule has 1 aliphatic rings. The molecule has 0 radical (unpaired) electrons. The van der Waals surface area contributed by atoms with Gasteiger partial charge in [-0.3, -0.25) is 0 Å². The number of nitrogens with one attached hydrogen (secondary N) is 1. The van der Waals surface area contributed by atoms with Crippen LogP contribution in [-0.4, -0.2) is 21.8 Å². The van der Waals surface area contributed by atoms with Crippen LogP contribution in [0.2, 0.25) is 36.3 Å². The van der Waals surface area contributed by atoms with Gasteiger partial charge in [-0.25, -0.2) is 0 Å². The molecule has 0 saturated heterocycles. The van der Waals surface area contributed by atoms with Crippen LogP contribution in [0.15, 0.2) is 142 Å². The van der Waals surface area contributed by atoms with E-state index in [1.54, 1.807) is 10.4 Å². The van der Waals surface area contributed by atoms with Gasteiger partial charge in [-0.2, -0.15) is 4.86 Å². The molecule has 0 unspecified atom stereocenters. The van der Waals surface area contributed by atoms with E-state index in [-0.39, 0.29) is 0 Å². The molecule has 1 saturated carbocycles. The van der Waals surface area contributed by atoms with Crippen LogP contribution in [0.4, 0.5) is 0 Å². The van der Waals surface area contributed by atoms with Crippen molar-refractivity contribution >= 4 is 107 Å². The Bertz CT molecular complexity index is 2750. The molecule has 386 valence electrons. The third kappa shape index (κ3) is 11.2. The lowest BCUT2D eigenvalue weighted by molar-refractivity contribution is 0.509. The van der Waals surface area contributed by atoms with Crippen molar-refractivity contribution in [2.75, 3.05) is 0 Å². The highest BCUT2D eigenvalue weighted by atomic mass is 31.2. The van der Waals surface area contributed by atoms with Gasteiger partial charge in [0.2, 0.25) is 0 Å². The van der Waals surface area contributed by atoms with E-state index in [1.807, 2.05) is 0 Å². The first-order valence-corrected chi connectivity index (χ1v) is 37.8. The second kappa shape index (κ2) is 25.3. The van der Waals surface area contributed by atoms with Crippen molar-refractivity contribution in [2.45, 2.75) is 193 Å². The van der Waals surface area contributed by atoms with Gasteiger partial charge in [0.25, 0.3) is 0 Å².